The van der Waals surface area contributed by atoms with E-state index in [-0.39, 0.29) is 12.4 Å². The summed E-state index contributed by atoms with van der Waals surface area (Å²) in [5.41, 5.74) is 2.07. The van der Waals surface area contributed by atoms with Crippen molar-refractivity contribution in [3.05, 3.63) is 35.4 Å². The number of ether oxygens (including phenoxy) is 1. The quantitative estimate of drug-likeness (QED) is 0.692. The highest BCUT2D eigenvalue weighted by atomic mass is 16.5. The Balaban J connectivity index is 1.75. The number of aryl methyl sites for hydroxylation is 1. The number of carbonyl (C=O) groups excluding carboxylic acids is 1. The van der Waals surface area contributed by atoms with Gasteiger partial charge in [0, 0.05) is 5.56 Å². The van der Waals surface area contributed by atoms with Crippen LogP contribution in [-0.2, 0) is 11.2 Å². The van der Waals surface area contributed by atoms with Crippen molar-refractivity contribution in [1.82, 2.24) is 0 Å². The van der Waals surface area contributed by atoms with Crippen LogP contribution in [0.1, 0.15) is 54.9 Å². The van der Waals surface area contributed by atoms with E-state index in [1.54, 1.807) is 0 Å². The predicted octanol–water partition coefficient (Wildman–Crippen LogP) is 4.03. The van der Waals surface area contributed by atoms with Crippen molar-refractivity contribution in [2.45, 2.75) is 45.4 Å². The Bertz CT molecular complexity index is 388. The maximum absolute atomic E-state index is 12.0. The zero-order valence-electron chi connectivity index (χ0n) is 11.9. The molecular weight excluding hydrogens is 236 g/mol. The number of Topliss-reactive ketones (excluding diaryl/α,β-unsaturated/α-hetero) is 1. The maximum Gasteiger partial charge on any atom is 0.188 e. The van der Waals surface area contributed by atoms with Gasteiger partial charge in [-0.1, -0.05) is 50.5 Å². The van der Waals surface area contributed by atoms with E-state index in [2.05, 4.69) is 6.92 Å². The number of benzene rings is 1. The molecule has 0 saturated heterocycles. The topological polar surface area (TPSA) is 26.3 Å². The highest BCUT2D eigenvalue weighted by molar-refractivity contribution is 5.97. The summed E-state index contributed by atoms with van der Waals surface area (Å²) in [5.74, 6) is 0.778. The molecule has 0 spiro atoms. The number of hydrogen-bond acceptors (Lipinski definition) is 2. The number of hydrogen-bond donors (Lipinski definition) is 0. The van der Waals surface area contributed by atoms with Crippen molar-refractivity contribution >= 4 is 5.78 Å². The molecule has 1 fully saturated rings. The summed E-state index contributed by atoms with van der Waals surface area (Å²) < 4.78 is 5.56. The molecule has 2 heteroatoms. The van der Waals surface area contributed by atoms with Crippen LogP contribution in [0.25, 0.3) is 0 Å². The number of ketones is 1. The SMILES string of the molecule is CCCc1ccc(C(=O)COCC2CCCC2)cc1. The first-order valence-corrected chi connectivity index (χ1v) is 7.49. The van der Waals surface area contributed by atoms with Crippen molar-refractivity contribution in [3.63, 3.8) is 0 Å². The second-order valence-electron chi connectivity index (χ2n) is 5.54. The fourth-order valence-electron chi connectivity index (χ4n) is 2.72. The summed E-state index contributed by atoms with van der Waals surface area (Å²) in [6.07, 6.45) is 7.38. The first-order chi connectivity index (χ1) is 9.29. The molecule has 0 amide bonds. The third-order valence-electron chi connectivity index (χ3n) is 3.88. The molecule has 104 valence electrons. The lowest BCUT2D eigenvalue weighted by Crippen LogP contribution is -2.13. The van der Waals surface area contributed by atoms with Gasteiger partial charge in [0.2, 0.25) is 0 Å². The van der Waals surface area contributed by atoms with Crippen LogP contribution in [0.15, 0.2) is 24.3 Å². The number of rotatable bonds is 7. The molecule has 1 aliphatic carbocycles. The van der Waals surface area contributed by atoms with Gasteiger partial charge in [-0.15, -0.1) is 0 Å². The van der Waals surface area contributed by atoms with Gasteiger partial charge in [0.25, 0.3) is 0 Å². The van der Waals surface area contributed by atoms with Gasteiger partial charge in [-0.05, 0) is 30.7 Å². The van der Waals surface area contributed by atoms with Crippen LogP contribution < -0.4 is 0 Å². The highest BCUT2D eigenvalue weighted by Gasteiger charge is 2.15. The molecule has 0 N–H and O–H groups in total. The Morgan fingerprint density at radius 3 is 2.53 bits per heavy atom. The van der Waals surface area contributed by atoms with Gasteiger partial charge < -0.3 is 4.74 Å². The third-order valence-corrected chi connectivity index (χ3v) is 3.88. The van der Waals surface area contributed by atoms with Crippen LogP contribution >= 0.6 is 0 Å². The summed E-state index contributed by atoms with van der Waals surface area (Å²) in [6, 6.07) is 7.94. The molecule has 0 heterocycles. The van der Waals surface area contributed by atoms with Crippen molar-refractivity contribution in [2.24, 2.45) is 5.92 Å². The van der Waals surface area contributed by atoms with Crippen LogP contribution in [0.4, 0.5) is 0 Å². The van der Waals surface area contributed by atoms with Crippen LogP contribution in [0.5, 0.6) is 0 Å². The zero-order valence-corrected chi connectivity index (χ0v) is 11.9. The summed E-state index contributed by atoms with van der Waals surface area (Å²) in [5, 5.41) is 0. The molecule has 1 aromatic carbocycles. The van der Waals surface area contributed by atoms with Crippen molar-refractivity contribution < 1.29 is 9.53 Å². The van der Waals surface area contributed by atoms with E-state index >= 15 is 0 Å². The minimum atomic E-state index is 0.0982. The Kier molecular flexibility index (Phi) is 5.59. The molecule has 0 atom stereocenters. The largest absolute Gasteiger partial charge is 0.373 e. The van der Waals surface area contributed by atoms with Crippen molar-refractivity contribution in [1.29, 1.82) is 0 Å². The summed E-state index contributed by atoms with van der Waals surface area (Å²) in [7, 11) is 0. The predicted molar refractivity (Wildman–Crippen MR) is 77.5 cm³/mol. The maximum atomic E-state index is 12.0. The van der Waals surface area contributed by atoms with E-state index in [0.717, 1.165) is 25.0 Å². The standard InChI is InChI=1S/C17H24O2/c1-2-5-14-8-10-16(11-9-14)17(18)13-19-12-15-6-3-4-7-15/h8-11,15H,2-7,12-13H2,1H3. The summed E-state index contributed by atoms with van der Waals surface area (Å²) >= 11 is 0. The molecule has 2 rings (SSSR count). The highest BCUT2D eigenvalue weighted by Crippen LogP contribution is 2.24. The average molecular weight is 260 g/mol. The molecule has 1 saturated carbocycles. The second-order valence-corrected chi connectivity index (χ2v) is 5.54. The fourth-order valence-corrected chi connectivity index (χ4v) is 2.72. The molecule has 2 nitrogen and oxygen atoms in total. The van der Waals surface area contributed by atoms with Gasteiger partial charge in [0.15, 0.2) is 5.78 Å². The Morgan fingerprint density at radius 1 is 1.21 bits per heavy atom. The summed E-state index contributed by atoms with van der Waals surface area (Å²) in [4.78, 5) is 12.0. The van der Waals surface area contributed by atoms with E-state index in [1.807, 2.05) is 24.3 Å². The van der Waals surface area contributed by atoms with E-state index in [9.17, 15) is 4.79 Å². The van der Waals surface area contributed by atoms with Gasteiger partial charge in [0.1, 0.15) is 6.61 Å². The zero-order chi connectivity index (χ0) is 13.5. The normalized spacial score (nSPS) is 15.8. The monoisotopic (exact) mass is 260 g/mol. The van der Waals surface area contributed by atoms with Gasteiger partial charge >= 0.3 is 0 Å². The van der Waals surface area contributed by atoms with Gasteiger partial charge in [-0.3, -0.25) is 4.79 Å². The number of carbonyl (C=O) groups is 1. The van der Waals surface area contributed by atoms with Crippen molar-refractivity contribution in [3.8, 4) is 0 Å². The lowest BCUT2D eigenvalue weighted by molar-refractivity contribution is 0.0681. The molecule has 0 radical (unpaired) electrons. The molecule has 0 aromatic heterocycles. The van der Waals surface area contributed by atoms with E-state index in [1.165, 1.54) is 31.2 Å². The molecular formula is C17H24O2. The third kappa shape index (κ3) is 4.46. The van der Waals surface area contributed by atoms with Gasteiger partial charge in [-0.25, -0.2) is 0 Å². The summed E-state index contributed by atoms with van der Waals surface area (Å²) in [6.45, 7) is 3.14. The smallest absolute Gasteiger partial charge is 0.188 e. The van der Waals surface area contributed by atoms with Gasteiger partial charge in [0.05, 0.1) is 6.61 Å². The van der Waals surface area contributed by atoms with Crippen LogP contribution in [-0.4, -0.2) is 19.0 Å². The van der Waals surface area contributed by atoms with Gasteiger partial charge in [-0.2, -0.15) is 0 Å². The van der Waals surface area contributed by atoms with Crippen LogP contribution in [0.3, 0.4) is 0 Å². The van der Waals surface area contributed by atoms with Crippen LogP contribution in [0.2, 0.25) is 0 Å². The van der Waals surface area contributed by atoms with E-state index < -0.39 is 0 Å². The molecule has 1 aliphatic rings. The molecule has 1 aromatic rings. The lowest BCUT2D eigenvalue weighted by Gasteiger charge is -2.09. The first-order valence-electron chi connectivity index (χ1n) is 7.49. The molecule has 0 unspecified atom stereocenters. The van der Waals surface area contributed by atoms with Crippen molar-refractivity contribution in [2.75, 3.05) is 13.2 Å². The Hall–Kier alpha value is -1.15. The average Bonchev–Trinajstić information content (AvgIpc) is 2.93. The second kappa shape index (κ2) is 7.44. The fraction of sp³-hybridized carbons (Fsp3) is 0.588. The minimum absolute atomic E-state index is 0.0982. The minimum Gasteiger partial charge on any atom is -0.373 e. The Labute approximate surface area is 116 Å². The van der Waals surface area contributed by atoms with E-state index in [4.69, 9.17) is 4.74 Å². The first kappa shape index (κ1) is 14.3. The Morgan fingerprint density at radius 2 is 1.89 bits per heavy atom. The molecule has 0 bridgehead atoms. The van der Waals surface area contributed by atoms with Crippen LogP contribution in [0, 0.1) is 5.92 Å². The molecule has 0 aliphatic heterocycles. The van der Waals surface area contributed by atoms with E-state index in [0.29, 0.717) is 5.92 Å². The lowest BCUT2D eigenvalue weighted by atomic mass is 10.1. The molecule has 19 heavy (non-hydrogen) atoms.